The number of nitrogens with zero attached hydrogens (tertiary/aromatic N) is 1. The smallest absolute Gasteiger partial charge is 0.335 e. The minimum absolute atomic E-state index is 0.209. The lowest BCUT2D eigenvalue weighted by Gasteiger charge is -2.24. The van der Waals surface area contributed by atoms with Gasteiger partial charge in [0.25, 0.3) is 5.91 Å². The van der Waals surface area contributed by atoms with E-state index in [1.807, 2.05) is 24.3 Å². The monoisotopic (exact) mass is 510 g/mol. The van der Waals surface area contributed by atoms with Gasteiger partial charge in [-0.15, -0.1) is 0 Å². The molecule has 0 saturated heterocycles. The van der Waals surface area contributed by atoms with Crippen molar-refractivity contribution in [3.05, 3.63) is 100 Å². The third-order valence-electron chi connectivity index (χ3n) is 6.48. The summed E-state index contributed by atoms with van der Waals surface area (Å²) in [5, 5.41) is 21.1. The van der Waals surface area contributed by atoms with Crippen LogP contribution in [0, 0.1) is 11.8 Å². The zero-order valence-corrected chi connectivity index (χ0v) is 22.3. The van der Waals surface area contributed by atoms with Crippen LogP contribution in [-0.4, -0.2) is 28.4 Å². The zero-order valence-electron chi connectivity index (χ0n) is 22.3. The number of carboxylic acid groups (broad SMARTS) is 1. The van der Waals surface area contributed by atoms with Crippen molar-refractivity contribution >= 4 is 11.9 Å². The van der Waals surface area contributed by atoms with Crippen molar-refractivity contribution in [2.45, 2.75) is 65.3 Å². The number of carbonyl (C=O) groups excluding carboxylic acids is 1. The molecule has 0 spiro atoms. The van der Waals surface area contributed by atoms with Crippen molar-refractivity contribution < 1.29 is 19.8 Å². The normalized spacial score (nSPS) is 10.5. The van der Waals surface area contributed by atoms with E-state index in [-0.39, 0.29) is 17.0 Å². The molecule has 0 fully saturated rings. The van der Waals surface area contributed by atoms with Crippen molar-refractivity contribution in [1.82, 2.24) is 4.90 Å². The van der Waals surface area contributed by atoms with Crippen molar-refractivity contribution in [1.29, 1.82) is 0 Å². The Morgan fingerprint density at radius 3 is 1.97 bits per heavy atom. The first-order valence-electron chi connectivity index (χ1n) is 13.4. The topological polar surface area (TPSA) is 80.7 Å². The molecule has 0 aromatic heterocycles. The van der Waals surface area contributed by atoms with E-state index in [9.17, 15) is 19.8 Å². The first-order valence-corrected chi connectivity index (χ1v) is 13.4. The maximum absolute atomic E-state index is 13.3. The Bertz CT molecular complexity index is 1270. The van der Waals surface area contributed by atoms with Crippen LogP contribution in [0.5, 0.6) is 5.75 Å². The maximum Gasteiger partial charge on any atom is 0.335 e. The van der Waals surface area contributed by atoms with Crippen LogP contribution >= 0.6 is 0 Å². The fraction of sp³-hybridized carbons (Fsp3) is 0.333. The minimum Gasteiger partial charge on any atom is -0.872 e. The van der Waals surface area contributed by atoms with Gasteiger partial charge < -0.3 is 15.1 Å². The van der Waals surface area contributed by atoms with Crippen LogP contribution in [0.4, 0.5) is 0 Å². The molecule has 0 unspecified atom stereocenters. The number of rotatable bonds is 12. The predicted molar refractivity (Wildman–Crippen MR) is 149 cm³/mol. The fourth-order valence-electron chi connectivity index (χ4n) is 4.19. The molecule has 0 radical (unpaired) electrons. The van der Waals surface area contributed by atoms with Gasteiger partial charge in [-0.05, 0) is 60.7 Å². The van der Waals surface area contributed by atoms with Gasteiger partial charge >= 0.3 is 5.97 Å². The number of amides is 1. The predicted octanol–water partition coefficient (Wildman–Crippen LogP) is 6.42. The van der Waals surface area contributed by atoms with Gasteiger partial charge in [0.1, 0.15) is 0 Å². The highest BCUT2D eigenvalue weighted by Crippen LogP contribution is 2.19. The molecule has 0 aliphatic rings. The Labute approximate surface area is 226 Å². The molecule has 1 amide bonds. The molecule has 0 heterocycles. The number of hydrogen-bond acceptors (Lipinski definition) is 3. The van der Waals surface area contributed by atoms with E-state index in [1.165, 1.54) is 30.5 Å². The highest BCUT2D eigenvalue weighted by molar-refractivity contribution is 5.98. The fourth-order valence-corrected chi connectivity index (χ4v) is 4.19. The summed E-state index contributed by atoms with van der Waals surface area (Å²) in [7, 11) is 0. The molecule has 0 aliphatic heterocycles. The lowest BCUT2D eigenvalue weighted by Crippen LogP contribution is -2.31. The Morgan fingerprint density at radius 1 is 0.789 bits per heavy atom. The van der Waals surface area contributed by atoms with Crippen molar-refractivity contribution in [3.63, 3.8) is 0 Å². The van der Waals surface area contributed by atoms with Crippen molar-refractivity contribution in [3.8, 4) is 17.6 Å². The number of carbonyl (C=O) groups is 2. The van der Waals surface area contributed by atoms with Gasteiger partial charge in [-0.25, -0.2) is 4.79 Å². The van der Waals surface area contributed by atoms with Crippen molar-refractivity contribution in [2.24, 2.45) is 0 Å². The number of benzene rings is 3. The second-order valence-electron chi connectivity index (χ2n) is 9.55. The van der Waals surface area contributed by atoms with E-state index >= 15 is 0 Å². The summed E-state index contributed by atoms with van der Waals surface area (Å²) in [6, 6.07) is 20.0. The van der Waals surface area contributed by atoms with E-state index in [1.54, 1.807) is 4.90 Å². The van der Waals surface area contributed by atoms with E-state index in [0.717, 1.165) is 54.9 Å². The molecule has 1 N–H and O–H groups in total. The third-order valence-corrected chi connectivity index (χ3v) is 6.48. The van der Waals surface area contributed by atoms with E-state index < -0.39 is 11.7 Å². The highest BCUT2D eigenvalue weighted by atomic mass is 16.4. The average Bonchev–Trinajstić information content (AvgIpc) is 2.93. The lowest BCUT2D eigenvalue weighted by molar-refractivity contribution is -0.268. The summed E-state index contributed by atoms with van der Waals surface area (Å²) in [5.74, 6) is 4.21. The molecule has 5 heteroatoms. The Balaban J connectivity index is 1.72. The van der Waals surface area contributed by atoms with E-state index in [4.69, 9.17) is 0 Å². The average molecular weight is 511 g/mol. The summed E-state index contributed by atoms with van der Waals surface area (Å²) in [5.41, 5.74) is 3.98. The van der Waals surface area contributed by atoms with Crippen molar-refractivity contribution in [2.75, 3.05) is 6.54 Å². The number of unbranched alkanes of at least 4 members (excludes halogenated alkanes) is 4. The number of hydrogen-bond donors (Lipinski definition) is 1. The molecule has 38 heavy (non-hydrogen) atoms. The maximum atomic E-state index is 13.3. The molecule has 5 nitrogen and oxygen atoms in total. The SMILES string of the molecule is CCCCCCN(Cc1ccc(C#Cc2ccc(CCCC)cc2)cc1)C(=O)c1ccc([O-])c(C(=O)O)c1. The van der Waals surface area contributed by atoms with Gasteiger partial charge in [-0.1, -0.05) is 93.5 Å². The highest BCUT2D eigenvalue weighted by Gasteiger charge is 2.18. The second-order valence-corrected chi connectivity index (χ2v) is 9.55. The van der Waals surface area contributed by atoms with Crippen LogP contribution in [0.25, 0.3) is 0 Å². The minimum atomic E-state index is -1.33. The summed E-state index contributed by atoms with van der Waals surface area (Å²) in [6.45, 7) is 5.27. The van der Waals surface area contributed by atoms with Crippen LogP contribution in [0.1, 0.15) is 95.3 Å². The van der Waals surface area contributed by atoms with Crippen LogP contribution in [0.15, 0.2) is 66.7 Å². The van der Waals surface area contributed by atoms with Crippen LogP contribution in [0.2, 0.25) is 0 Å². The summed E-state index contributed by atoms with van der Waals surface area (Å²) >= 11 is 0. The molecule has 0 aliphatic carbocycles. The molecule has 198 valence electrons. The van der Waals surface area contributed by atoms with Gasteiger partial charge in [0, 0.05) is 29.8 Å². The first kappa shape index (κ1) is 28.5. The lowest BCUT2D eigenvalue weighted by atomic mass is 10.1. The molecule has 3 rings (SSSR count). The molecule has 0 atom stereocenters. The molecular formula is C33H36NO4-. The standard InChI is InChI=1S/C33H37NO4/c1-3-5-7-8-22-34(32(36)29-20-21-31(35)30(23-29)33(37)38)24-28-18-16-27(17-19-28)15-14-26-12-10-25(11-13-26)9-6-4-2/h10-13,16-21,23,35H,3-9,22,24H2,1-2H3,(H,37,38)/p-1. The molecule has 3 aromatic carbocycles. The van der Waals surface area contributed by atoms with Crippen LogP contribution < -0.4 is 5.11 Å². The molecular weight excluding hydrogens is 474 g/mol. The zero-order chi connectivity index (χ0) is 27.3. The number of carboxylic acids is 1. The van der Waals surface area contributed by atoms with Gasteiger partial charge in [0.15, 0.2) is 0 Å². The van der Waals surface area contributed by atoms with Gasteiger partial charge in [0.05, 0.1) is 5.56 Å². The van der Waals surface area contributed by atoms with Crippen LogP contribution in [-0.2, 0) is 13.0 Å². The van der Waals surface area contributed by atoms with E-state index in [2.05, 4.69) is 50.0 Å². The molecule has 0 saturated carbocycles. The number of aryl methyl sites for hydroxylation is 1. The third kappa shape index (κ3) is 8.52. The quantitative estimate of drug-likeness (QED) is 0.225. The summed E-state index contributed by atoms with van der Waals surface area (Å²) in [4.78, 5) is 26.4. The Morgan fingerprint density at radius 2 is 1.39 bits per heavy atom. The van der Waals surface area contributed by atoms with E-state index in [0.29, 0.717) is 13.1 Å². The first-order chi connectivity index (χ1) is 18.4. The summed E-state index contributed by atoms with van der Waals surface area (Å²) < 4.78 is 0. The van der Waals surface area contributed by atoms with Gasteiger partial charge in [0.2, 0.25) is 0 Å². The summed E-state index contributed by atoms with van der Waals surface area (Å²) in [6.07, 6.45) is 7.50. The number of aromatic carboxylic acids is 1. The Hall–Kier alpha value is -4.04. The molecule has 0 bridgehead atoms. The molecule has 3 aromatic rings. The second kappa shape index (κ2) is 14.6. The Kier molecular flexibility index (Phi) is 11.0. The van der Waals surface area contributed by atoms with Gasteiger partial charge in [-0.3, -0.25) is 4.79 Å². The van der Waals surface area contributed by atoms with Crippen LogP contribution in [0.3, 0.4) is 0 Å². The van der Waals surface area contributed by atoms with Gasteiger partial charge in [-0.2, -0.15) is 0 Å². The largest absolute Gasteiger partial charge is 0.872 e.